The quantitative estimate of drug-likeness (QED) is 0.240. The summed E-state index contributed by atoms with van der Waals surface area (Å²) in [5.74, 6) is 5.39. The number of ether oxygens (including phenoxy) is 5. The van der Waals surface area contributed by atoms with Crippen LogP contribution in [0, 0.1) is 6.92 Å². The fourth-order valence-corrected chi connectivity index (χ4v) is 7.30. The van der Waals surface area contributed by atoms with Crippen LogP contribution in [0.2, 0.25) is 0 Å². The molecule has 0 aromatic heterocycles. The molecule has 0 spiro atoms. The van der Waals surface area contributed by atoms with Gasteiger partial charge in [-0.25, -0.2) is 0 Å². The molecule has 0 radical (unpaired) electrons. The van der Waals surface area contributed by atoms with E-state index in [1.54, 1.807) is 21.3 Å². The van der Waals surface area contributed by atoms with Crippen molar-refractivity contribution >= 4 is 0 Å². The van der Waals surface area contributed by atoms with Gasteiger partial charge in [-0.1, -0.05) is 18.2 Å². The summed E-state index contributed by atoms with van der Waals surface area (Å²) in [5, 5.41) is 0. The molecule has 4 aromatic rings. The molecule has 0 fully saturated rings. The van der Waals surface area contributed by atoms with Crippen molar-refractivity contribution in [3.05, 3.63) is 99.6 Å². The van der Waals surface area contributed by atoms with Gasteiger partial charge in [-0.05, 0) is 117 Å². The minimum Gasteiger partial charge on any atom is -0.496 e. The van der Waals surface area contributed by atoms with Gasteiger partial charge in [0.2, 0.25) is 0 Å². The minimum atomic E-state index is 0.0790. The Kier molecular flexibility index (Phi) is 7.84. The second-order valence-corrected chi connectivity index (χ2v) is 12.5. The van der Waals surface area contributed by atoms with Gasteiger partial charge in [0.25, 0.3) is 0 Å². The highest BCUT2D eigenvalue weighted by Crippen LogP contribution is 2.48. The molecule has 4 aromatic carbocycles. The van der Waals surface area contributed by atoms with Crippen LogP contribution in [0.15, 0.2) is 60.7 Å². The summed E-state index contributed by atoms with van der Waals surface area (Å²) in [7, 11) is 9.57. The molecule has 0 N–H and O–H groups in total. The smallest absolute Gasteiger partial charge is 0.169 e. The average molecular weight is 607 g/mol. The Hall–Kier alpha value is -4.20. The fourth-order valence-electron chi connectivity index (χ4n) is 7.30. The van der Waals surface area contributed by atoms with Crippen molar-refractivity contribution in [1.82, 2.24) is 9.80 Å². The van der Waals surface area contributed by atoms with Crippen LogP contribution in [0.1, 0.15) is 51.0 Å². The molecule has 0 saturated carbocycles. The molecule has 7 nitrogen and oxygen atoms in total. The summed E-state index contributed by atoms with van der Waals surface area (Å²) in [6.45, 7) is 4.01. The third kappa shape index (κ3) is 5.38. The Bertz CT molecular complexity index is 1730. The van der Waals surface area contributed by atoms with Gasteiger partial charge in [0.15, 0.2) is 23.0 Å². The van der Waals surface area contributed by atoms with E-state index >= 15 is 0 Å². The number of methoxy groups -OCH3 is 3. The SMILES string of the molecule is COc1ccc2cc1Oc1ccc(cc1)C[C@H]1c3cc(c(OC)cc3CCN1C)Oc1c(C)c(OC)cc3c1[C@H](C2)N(C)CC3. The first-order valence-electron chi connectivity index (χ1n) is 15.8. The summed E-state index contributed by atoms with van der Waals surface area (Å²) in [6, 6.07) is 21.6. The topological polar surface area (TPSA) is 52.6 Å². The van der Waals surface area contributed by atoms with Crippen LogP contribution in [-0.2, 0) is 25.7 Å². The van der Waals surface area contributed by atoms with Crippen molar-refractivity contribution in [2.75, 3.05) is 48.5 Å². The molecular formula is C38H42N2O5. The number of fused-ring (bicyclic) bond motifs is 2. The van der Waals surface area contributed by atoms with Gasteiger partial charge in [-0.3, -0.25) is 9.80 Å². The number of hydrogen-bond acceptors (Lipinski definition) is 7. The zero-order valence-corrected chi connectivity index (χ0v) is 27.1. The molecule has 0 saturated heterocycles. The van der Waals surface area contributed by atoms with E-state index in [1.165, 1.54) is 27.8 Å². The molecule has 0 amide bonds. The Morgan fingerprint density at radius 3 is 2.00 bits per heavy atom. The first-order chi connectivity index (χ1) is 21.9. The van der Waals surface area contributed by atoms with E-state index in [1.807, 2.05) is 6.07 Å². The van der Waals surface area contributed by atoms with E-state index in [0.717, 1.165) is 78.6 Å². The Labute approximate surface area is 266 Å². The highest BCUT2D eigenvalue weighted by atomic mass is 16.5. The lowest BCUT2D eigenvalue weighted by atomic mass is 9.86. The van der Waals surface area contributed by atoms with Crippen LogP contribution in [0.3, 0.4) is 0 Å². The predicted molar refractivity (Wildman–Crippen MR) is 176 cm³/mol. The van der Waals surface area contributed by atoms with Crippen LogP contribution in [0.5, 0.6) is 40.2 Å². The lowest BCUT2D eigenvalue weighted by Gasteiger charge is -2.37. The van der Waals surface area contributed by atoms with Crippen molar-refractivity contribution in [1.29, 1.82) is 0 Å². The monoisotopic (exact) mass is 606 g/mol. The third-order valence-electron chi connectivity index (χ3n) is 9.92. The van der Waals surface area contributed by atoms with Gasteiger partial charge in [-0.2, -0.15) is 0 Å². The largest absolute Gasteiger partial charge is 0.496 e. The van der Waals surface area contributed by atoms with E-state index in [2.05, 4.69) is 85.4 Å². The number of benzene rings is 4. The normalized spacial score (nSPS) is 19.4. The molecule has 4 heterocycles. The van der Waals surface area contributed by atoms with Crippen molar-refractivity contribution in [3.63, 3.8) is 0 Å². The molecule has 7 heteroatoms. The first-order valence-corrected chi connectivity index (χ1v) is 15.8. The van der Waals surface area contributed by atoms with E-state index in [4.69, 9.17) is 23.7 Å². The van der Waals surface area contributed by atoms with E-state index < -0.39 is 0 Å². The summed E-state index contributed by atoms with van der Waals surface area (Å²) in [6.07, 6.45) is 3.52. The van der Waals surface area contributed by atoms with Crippen molar-refractivity contribution in [2.45, 2.75) is 44.7 Å². The number of rotatable bonds is 3. The Balaban J connectivity index is 1.45. The van der Waals surface area contributed by atoms with Gasteiger partial charge in [0.05, 0.1) is 21.3 Å². The average Bonchev–Trinajstić information content (AvgIpc) is 3.05. The van der Waals surface area contributed by atoms with Gasteiger partial charge < -0.3 is 23.7 Å². The molecular weight excluding hydrogens is 564 g/mol. The van der Waals surface area contributed by atoms with E-state index in [9.17, 15) is 0 Å². The Morgan fingerprint density at radius 2 is 1.27 bits per heavy atom. The highest BCUT2D eigenvalue weighted by Gasteiger charge is 2.33. The zero-order valence-electron chi connectivity index (χ0n) is 27.1. The van der Waals surface area contributed by atoms with Crippen LogP contribution in [-0.4, -0.2) is 58.3 Å². The molecule has 6 bridgehead atoms. The standard InChI is InChI=1S/C38H42N2O5/c1-23-33(42-5)21-27-14-16-40(3)31-18-25-9-12-32(41-4)35(19-25)44-28-10-7-24(8-11-28)17-30-29-22-36(45-38(23)37(27)31)34(43-6)20-26(29)13-15-39(30)2/h7-12,19-22,30-31H,13-18H2,1-6H3/t30-,31-/m0/s1. The summed E-state index contributed by atoms with van der Waals surface area (Å²) >= 11 is 0. The number of nitrogens with zero attached hydrogens (tertiary/aromatic N) is 2. The summed E-state index contributed by atoms with van der Waals surface area (Å²) in [5.41, 5.74) is 8.43. The molecule has 8 rings (SSSR count). The van der Waals surface area contributed by atoms with Crippen molar-refractivity contribution in [3.8, 4) is 40.2 Å². The fraction of sp³-hybridized carbons (Fsp3) is 0.368. The summed E-state index contributed by atoms with van der Waals surface area (Å²) in [4.78, 5) is 4.87. The molecule has 0 unspecified atom stereocenters. The van der Waals surface area contributed by atoms with Gasteiger partial charge in [0.1, 0.15) is 17.2 Å². The maximum absolute atomic E-state index is 7.06. The molecule has 4 aliphatic heterocycles. The van der Waals surface area contributed by atoms with E-state index in [0.29, 0.717) is 11.5 Å². The van der Waals surface area contributed by atoms with E-state index in [-0.39, 0.29) is 12.1 Å². The predicted octanol–water partition coefficient (Wildman–Crippen LogP) is 7.46. The van der Waals surface area contributed by atoms with Crippen LogP contribution in [0.4, 0.5) is 0 Å². The van der Waals surface area contributed by atoms with Crippen molar-refractivity contribution in [2.24, 2.45) is 0 Å². The molecule has 2 atom stereocenters. The third-order valence-corrected chi connectivity index (χ3v) is 9.92. The molecule has 4 aliphatic rings. The second-order valence-electron chi connectivity index (χ2n) is 12.5. The minimum absolute atomic E-state index is 0.0790. The number of likely N-dealkylation sites (N-methyl/N-ethyl adjacent to an activating group) is 2. The first kappa shape index (κ1) is 29.5. The Morgan fingerprint density at radius 1 is 0.644 bits per heavy atom. The molecule has 0 aliphatic carbocycles. The molecule has 234 valence electrons. The number of hydrogen-bond donors (Lipinski definition) is 0. The van der Waals surface area contributed by atoms with Gasteiger partial charge in [0, 0.05) is 36.3 Å². The maximum Gasteiger partial charge on any atom is 0.169 e. The molecule has 45 heavy (non-hydrogen) atoms. The maximum atomic E-state index is 7.06. The second kappa shape index (κ2) is 12.0. The summed E-state index contributed by atoms with van der Waals surface area (Å²) < 4.78 is 31.1. The lowest BCUT2D eigenvalue weighted by molar-refractivity contribution is 0.222. The van der Waals surface area contributed by atoms with Crippen molar-refractivity contribution < 1.29 is 23.7 Å². The highest BCUT2D eigenvalue weighted by molar-refractivity contribution is 5.60. The van der Waals surface area contributed by atoms with Gasteiger partial charge in [-0.15, -0.1) is 0 Å². The van der Waals surface area contributed by atoms with Crippen LogP contribution in [0.25, 0.3) is 0 Å². The van der Waals surface area contributed by atoms with Gasteiger partial charge >= 0.3 is 0 Å². The lowest BCUT2D eigenvalue weighted by Crippen LogP contribution is -2.34. The van der Waals surface area contributed by atoms with Crippen LogP contribution < -0.4 is 23.7 Å². The zero-order chi connectivity index (χ0) is 31.2. The van der Waals surface area contributed by atoms with Crippen LogP contribution >= 0.6 is 0 Å².